The third-order valence-electron chi connectivity index (χ3n) is 4.12. The molecule has 0 aromatic carbocycles. The lowest BCUT2D eigenvalue weighted by Gasteiger charge is -2.40. The highest BCUT2D eigenvalue weighted by molar-refractivity contribution is 7.12. The fourth-order valence-corrected chi connectivity index (χ4v) is 4.46. The Morgan fingerprint density at radius 1 is 1.28 bits per heavy atom. The van der Waals surface area contributed by atoms with Crippen molar-refractivity contribution >= 4 is 11.3 Å². The lowest BCUT2D eigenvalue weighted by atomic mass is 9.85. The minimum atomic E-state index is 0.0347. The highest BCUT2D eigenvalue weighted by Crippen LogP contribution is 2.46. The predicted molar refractivity (Wildman–Crippen MR) is 76.5 cm³/mol. The van der Waals surface area contributed by atoms with Crippen LogP contribution in [0.5, 0.6) is 0 Å². The third kappa shape index (κ3) is 2.02. The third-order valence-corrected chi connectivity index (χ3v) is 5.91. The zero-order chi connectivity index (χ0) is 12.8. The maximum Gasteiger partial charge on any atom is 0.105 e. The van der Waals surface area contributed by atoms with Crippen LogP contribution in [0, 0.1) is 0 Å². The highest BCUT2D eigenvalue weighted by Gasteiger charge is 2.41. The first-order valence-corrected chi connectivity index (χ1v) is 7.81. The van der Waals surface area contributed by atoms with Crippen LogP contribution in [0.15, 0.2) is 6.07 Å². The molecule has 0 aliphatic carbocycles. The molecule has 0 unspecified atom stereocenters. The van der Waals surface area contributed by atoms with Gasteiger partial charge in [-0.05, 0) is 49.4 Å². The Morgan fingerprint density at radius 2 is 2.00 bits per heavy atom. The number of thiophene rings is 1. The summed E-state index contributed by atoms with van der Waals surface area (Å²) in [7, 11) is 0. The van der Waals surface area contributed by atoms with Gasteiger partial charge < -0.3 is 10.1 Å². The summed E-state index contributed by atoms with van der Waals surface area (Å²) in [6.45, 7) is 9.98. The quantitative estimate of drug-likeness (QED) is 0.778. The number of hydrogen-bond acceptors (Lipinski definition) is 3. The van der Waals surface area contributed by atoms with Crippen LogP contribution in [-0.4, -0.2) is 19.7 Å². The molecule has 3 heterocycles. The van der Waals surface area contributed by atoms with E-state index >= 15 is 0 Å². The van der Waals surface area contributed by atoms with Gasteiger partial charge in [0.2, 0.25) is 0 Å². The van der Waals surface area contributed by atoms with Crippen LogP contribution in [0.4, 0.5) is 0 Å². The maximum absolute atomic E-state index is 6.23. The van der Waals surface area contributed by atoms with Crippen molar-refractivity contribution in [3.8, 4) is 0 Å². The molecule has 2 aliphatic heterocycles. The van der Waals surface area contributed by atoms with Gasteiger partial charge in [-0.1, -0.05) is 20.8 Å². The number of hydrogen-bond donors (Lipinski definition) is 1. The summed E-state index contributed by atoms with van der Waals surface area (Å²) >= 11 is 1.99. The Bertz CT molecular complexity index is 438. The Labute approximate surface area is 114 Å². The summed E-state index contributed by atoms with van der Waals surface area (Å²) in [5.74, 6) is 0. The molecule has 0 saturated carbocycles. The predicted octanol–water partition coefficient (Wildman–Crippen LogP) is 3.20. The zero-order valence-corrected chi connectivity index (χ0v) is 12.5. The highest BCUT2D eigenvalue weighted by atomic mass is 32.1. The molecule has 3 heteroatoms. The van der Waals surface area contributed by atoms with Gasteiger partial charge in [0.05, 0.1) is 6.61 Å². The van der Waals surface area contributed by atoms with Gasteiger partial charge in [-0.15, -0.1) is 11.3 Å². The van der Waals surface area contributed by atoms with Gasteiger partial charge in [0.25, 0.3) is 0 Å². The number of piperidine rings is 1. The summed E-state index contributed by atoms with van der Waals surface area (Å²) in [4.78, 5) is 3.04. The van der Waals surface area contributed by atoms with Crippen molar-refractivity contribution in [2.75, 3.05) is 19.7 Å². The molecule has 2 aliphatic rings. The van der Waals surface area contributed by atoms with Crippen LogP contribution in [0.2, 0.25) is 0 Å². The zero-order valence-electron chi connectivity index (χ0n) is 11.6. The Morgan fingerprint density at radius 3 is 2.67 bits per heavy atom. The van der Waals surface area contributed by atoms with Gasteiger partial charge in [-0.3, -0.25) is 0 Å². The lowest BCUT2D eigenvalue weighted by Crippen LogP contribution is -2.43. The Kier molecular flexibility index (Phi) is 3.04. The van der Waals surface area contributed by atoms with Crippen LogP contribution in [-0.2, 0) is 22.2 Å². The summed E-state index contributed by atoms with van der Waals surface area (Å²) in [6, 6.07) is 2.44. The van der Waals surface area contributed by atoms with E-state index in [-0.39, 0.29) is 11.0 Å². The van der Waals surface area contributed by atoms with Crippen LogP contribution in [0.25, 0.3) is 0 Å². The molecule has 1 aromatic rings. The van der Waals surface area contributed by atoms with Crippen molar-refractivity contribution in [2.24, 2.45) is 0 Å². The largest absolute Gasteiger partial charge is 0.369 e. The van der Waals surface area contributed by atoms with Gasteiger partial charge in [0, 0.05) is 9.75 Å². The molecule has 0 amide bonds. The molecule has 0 radical (unpaired) electrons. The second-order valence-corrected chi connectivity index (χ2v) is 7.61. The van der Waals surface area contributed by atoms with E-state index in [9.17, 15) is 0 Å². The number of nitrogens with one attached hydrogen (secondary N) is 1. The molecule has 1 fully saturated rings. The SMILES string of the molecule is CC(C)(C)c1cc2c(s1)C1(CCNCC1)OCC2. The smallest absolute Gasteiger partial charge is 0.105 e. The van der Waals surface area contributed by atoms with E-state index in [1.807, 2.05) is 11.3 Å². The van der Waals surface area contributed by atoms with Crippen molar-refractivity contribution in [1.82, 2.24) is 5.32 Å². The molecule has 1 spiro atoms. The second-order valence-electron chi connectivity index (χ2n) is 6.56. The summed E-state index contributed by atoms with van der Waals surface area (Å²) in [5.41, 5.74) is 1.85. The summed E-state index contributed by atoms with van der Waals surface area (Å²) < 4.78 is 6.23. The van der Waals surface area contributed by atoms with Crippen molar-refractivity contribution < 1.29 is 4.74 Å². The van der Waals surface area contributed by atoms with Crippen molar-refractivity contribution in [3.63, 3.8) is 0 Å². The van der Waals surface area contributed by atoms with Gasteiger partial charge in [0.15, 0.2) is 0 Å². The first kappa shape index (κ1) is 12.6. The van der Waals surface area contributed by atoms with Crippen molar-refractivity contribution in [3.05, 3.63) is 21.4 Å². The van der Waals surface area contributed by atoms with E-state index in [0.717, 1.165) is 39.0 Å². The van der Waals surface area contributed by atoms with E-state index in [2.05, 4.69) is 32.2 Å². The topological polar surface area (TPSA) is 21.3 Å². The molecule has 1 aromatic heterocycles. The van der Waals surface area contributed by atoms with Crippen LogP contribution < -0.4 is 5.32 Å². The molecule has 2 nitrogen and oxygen atoms in total. The van der Waals surface area contributed by atoms with Gasteiger partial charge in [-0.2, -0.15) is 0 Å². The molecule has 18 heavy (non-hydrogen) atoms. The van der Waals surface area contributed by atoms with Gasteiger partial charge >= 0.3 is 0 Å². The van der Waals surface area contributed by atoms with Crippen molar-refractivity contribution in [2.45, 2.75) is 51.0 Å². The molecule has 0 bridgehead atoms. The van der Waals surface area contributed by atoms with Gasteiger partial charge in [0.1, 0.15) is 5.60 Å². The fraction of sp³-hybridized carbons (Fsp3) is 0.733. The van der Waals surface area contributed by atoms with Crippen molar-refractivity contribution in [1.29, 1.82) is 0 Å². The van der Waals surface area contributed by atoms with E-state index in [0.29, 0.717) is 0 Å². The standard InChI is InChI=1S/C15H23NOS/c1-14(2,3)12-10-11-4-9-17-15(13(11)18-12)5-7-16-8-6-15/h10,16H,4-9H2,1-3H3. The minimum Gasteiger partial charge on any atom is -0.369 e. The monoisotopic (exact) mass is 265 g/mol. The summed E-state index contributed by atoms with van der Waals surface area (Å²) in [6.07, 6.45) is 3.35. The molecule has 3 rings (SSSR count). The number of rotatable bonds is 0. The first-order valence-electron chi connectivity index (χ1n) is 7.00. The Balaban J connectivity index is 2.02. The average Bonchev–Trinajstić information content (AvgIpc) is 2.76. The number of ether oxygens (including phenoxy) is 1. The Hall–Kier alpha value is -0.380. The molecule has 0 atom stereocenters. The van der Waals surface area contributed by atoms with E-state index in [4.69, 9.17) is 4.74 Å². The lowest BCUT2D eigenvalue weighted by molar-refractivity contribution is -0.0771. The summed E-state index contributed by atoms with van der Waals surface area (Å²) in [5, 5.41) is 3.45. The molecule has 100 valence electrons. The average molecular weight is 265 g/mol. The van der Waals surface area contributed by atoms with Gasteiger partial charge in [-0.25, -0.2) is 0 Å². The molecular formula is C15H23NOS. The molecule has 1 saturated heterocycles. The maximum atomic E-state index is 6.23. The van der Waals surface area contributed by atoms with Crippen LogP contribution >= 0.6 is 11.3 Å². The van der Waals surface area contributed by atoms with E-state index in [1.54, 1.807) is 5.56 Å². The number of fused-ring (bicyclic) bond motifs is 2. The van der Waals surface area contributed by atoms with E-state index < -0.39 is 0 Å². The minimum absolute atomic E-state index is 0.0347. The molecule has 1 N–H and O–H groups in total. The van der Waals surface area contributed by atoms with Crippen LogP contribution in [0.3, 0.4) is 0 Å². The first-order chi connectivity index (χ1) is 8.51. The second kappa shape index (κ2) is 4.32. The fourth-order valence-electron chi connectivity index (χ4n) is 2.99. The normalized spacial score (nSPS) is 23.1. The molecular weight excluding hydrogens is 242 g/mol. The van der Waals surface area contributed by atoms with E-state index in [1.165, 1.54) is 9.75 Å². The van der Waals surface area contributed by atoms with Crippen LogP contribution in [0.1, 0.15) is 48.9 Å².